The maximum absolute atomic E-state index is 12.9. The van der Waals surface area contributed by atoms with Gasteiger partial charge >= 0.3 is 0 Å². The molecule has 0 radical (unpaired) electrons. The van der Waals surface area contributed by atoms with Crippen molar-refractivity contribution < 1.29 is 4.39 Å². The number of hydrogen-bond acceptors (Lipinski definition) is 2. The van der Waals surface area contributed by atoms with Crippen LogP contribution in [-0.4, -0.2) is 7.05 Å². The Morgan fingerprint density at radius 3 is 1.95 bits per heavy atom. The lowest BCUT2D eigenvalue weighted by Crippen LogP contribution is -2.11. The first-order valence-corrected chi connectivity index (χ1v) is 6.46. The van der Waals surface area contributed by atoms with E-state index < -0.39 is 0 Å². The van der Waals surface area contributed by atoms with E-state index in [1.807, 2.05) is 36.2 Å². The van der Waals surface area contributed by atoms with Gasteiger partial charge in [0.2, 0.25) is 0 Å². The second kappa shape index (κ2) is 5.85. The second-order valence-electron chi connectivity index (χ2n) is 4.64. The zero-order valence-corrected chi connectivity index (χ0v) is 11.3. The van der Waals surface area contributed by atoms with E-state index in [9.17, 15) is 4.39 Å². The topological polar surface area (TPSA) is 29.3 Å². The predicted molar refractivity (Wildman–Crippen MR) is 78.1 cm³/mol. The van der Waals surface area contributed by atoms with Crippen molar-refractivity contribution in [3.05, 3.63) is 59.9 Å². The molecule has 0 saturated carbocycles. The summed E-state index contributed by atoms with van der Waals surface area (Å²) in [6.07, 6.45) is 0.924. The fourth-order valence-electron chi connectivity index (χ4n) is 1.99. The number of nitrogens with zero attached hydrogens (tertiary/aromatic N) is 1. The summed E-state index contributed by atoms with van der Waals surface area (Å²) in [5.74, 6) is -0.221. The van der Waals surface area contributed by atoms with Crippen LogP contribution < -0.4 is 10.6 Å². The fraction of sp³-hybridized carbons (Fsp3) is 0.250. The van der Waals surface area contributed by atoms with Gasteiger partial charge in [-0.15, -0.1) is 0 Å². The molecule has 19 heavy (non-hydrogen) atoms. The van der Waals surface area contributed by atoms with Crippen molar-refractivity contribution in [2.24, 2.45) is 5.73 Å². The predicted octanol–water partition coefficient (Wildman–Crippen LogP) is 4.00. The Labute approximate surface area is 113 Å². The first-order valence-electron chi connectivity index (χ1n) is 6.46. The van der Waals surface area contributed by atoms with E-state index in [0.717, 1.165) is 23.4 Å². The van der Waals surface area contributed by atoms with Crippen LogP contribution >= 0.6 is 0 Å². The molecule has 2 nitrogen and oxygen atoms in total. The fourth-order valence-corrected chi connectivity index (χ4v) is 1.99. The summed E-state index contributed by atoms with van der Waals surface area (Å²) in [4.78, 5) is 2.01. The Hall–Kier alpha value is -1.87. The Morgan fingerprint density at radius 1 is 1.00 bits per heavy atom. The van der Waals surface area contributed by atoms with Crippen LogP contribution in [0.1, 0.15) is 24.9 Å². The van der Waals surface area contributed by atoms with Gasteiger partial charge in [0.1, 0.15) is 5.82 Å². The quantitative estimate of drug-likeness (QED) is 0.898. The standard InChI is InChI=1S/C16H19FN2/c1-3-16(18)12-4-8-14(9-5-12)19(2)15-10-6-13(17)7-11-15/h4-11,16H,3,18H2,1-2H3/t16-/m1/s1. The van der Waals surface area contributed by atoms with Gasteiger partial charge in [-0.2, -0.15) is 0 Å². The van der Waals surface area contributed by atoms with E-state index in [4.69, 9.17) is 5.73 Å². The van der Waals surface area contributed by atoms with Gasteiger partial charge in [-0.05, 0) is 48.4 Å². The minimum atomic E-state index is -0.221. The van der Waals surface area contributed by atoms with Crippen LogP contribution in [0.5, 0.6) is 0 Å². The summed E-state index contributed by atoms with van der Waals surface area (Å²) >= 11 is 0. The maximum atomic E-state index is 12.9. The molecule has 2 aromatic carbocycles. The number of rotatable bonds is 4. The van der Waals surface area contributed by atoms with E-state index in [1.165, 1.54) is 12.1 Å². The van der Waals surface area contributed by atoms with E-state index >= 15 is 0 Å². The van der Waals surface area contributed by atoms with Crippen molar-refractivity contribution in [3.8, 4) is 0 Å². The average molecular weight is 258 g/mol. The average Bonchev–Trinajstić information content (AvgIpc) is 2.46. The zero-order valence-electron chi connectivity index (χ0n) is 11.3. The van der Waals surface area contributed by atoms with Crippen LogP contribution in [0, 0.1) is 5.82 Å². The third kappa shape index (κ3) is 3.12. The molecule has 0 fully saturated rings. The molecule has 100 valence electrons. The summed E-state index contributed by atoms with van der Waals surface area (Å²) in [5, 5.41) is 0. The number of halogens is 1. The van der Waals surface area contributed by atoms with Crippen LogP contribution in [0.3, 0.4) is 0 Å². The first-order chi connectivity index (χ1) is 9.11. The molecule has 0 spiro atoms. The zero-order chi connectivity index (χ0) is 13.8. The molecule has 2 aromatic rings. The van der Waals surface area contributed by atoms with Gasteiger partial charge in [0.05, 0.1) is 0 Å². The van der Waals surface area contributed by atoms with Gasteiger partial charge in [-0.1, -0.05) is 19.1 Å². The molecule has 0 saturated heterocycles. The maximum Gasteiger partial charge on any atom is 0.123 e. The van der Waals surface area contributed by atoms with Crippen molar-refractivity contribution in [2.75, 3.05) is 11.9 Å². The molecular formula is C16H19FN2. The van der Waals surface area contributed by atoms with Crippen molar-refractivity contribution in [1.29, 1.82) is 0 Å². The molecule has 1 atom stereocenters. The Morgan fingerprint density at radius 2 is 1.47 bits per heavy atom. The van der Waals surface area contributed by atoms with Gasteiger partial charge < -0.3 is 10.6 Å². The normalized spacial score (nSPS) is 12.2. The number of nitrogens with two attached hydrogens (primary N) is 1. The van der Waals surface area contributed by atoms with Crippen LogP contribution in [0.25, 0.3) is 0 Å². The lowest BCUT2D eigenvalue weighted by molar-refractivity contribution is 0.628. The molecule has 0 aliphatic carbocycles. The molecular weight excluding hydrogens is 239 g/mol. The lowest BCUT2D eigenvalue weighted by Gasteiger charge is -2.20. The summed E-state index contributed by atoms with van der Waals surface area (Å²) in [6.45, 7) is 2.07. The summed E-state index contributed by atoms with van der Waals surface area (Å²) in [7, 11) is 1.96. The molecule has 0 bridgehead atoms. The van der Waals surface area contributed by atoms with Gasteiger partial charge in [-0.25, -0.2) is 4.39 Å². The van der Waals surface area contributed by atoms with Crippen molar-refractivity contribution in [3.63, 3.8) is 0 Å². The number of benzene rings is 2. The summed E-state index contributed by atoms with van der Waals surface area (Å²) in [5.41, 5.74) is 9.14. The largest absolute Gasteiger partial charge is 0.345 e. The Balaban J connectivity index is 2.19. The summed E-state index contributed by atoms with van der Waals surface area (Å²) < 4.78 is 12.9. The summed E-state index contributed by atoms with van der Waals surface area (Å²) in [6, 6.07) is 14.7. The van der Waals surface area contributed by atoms with Crippen LogP contribution in [0.2, 0.25) is 0 Å². The van der Waals surface area contributed by atoms with E-state index in [1.54, 1.807) is 12.1 Å². The highest BCUT2D eigenvalue weighted by molar-refractivity contribution is 5.62. The number of anilines is 2. The lowest BCUT2D eigenvalue weighted by atomic mass is 10.1. The van der Waals surface area contributed by atoms with Crippen LogP contribution in [0.15, 0.2) is 48.5 Å². The van der Waals surface area contributed by atoms with Gasteiger partial charge in [0.25, 0.3) is 0 Å². The second-order valence-corrected chi connectivity index (χ2v) is 4.64. The first kappa shape index (κ1) is 13.6. The molecule has 0 aliphatic heterocycles. The van der Waals surface area contributed by atoms with E-state index in [0.29, 0.717) is 0 Å². The molecule has 2 N–H and O–H groups in total. The van der Waals surface area contributed by atoms with Crippen LogP contribution in [0.4, 0.5) is 15.8 Å². The smallest absolute Gasteiger partial charge is 0.123 e. The van der Waals surface area contributed by atoms with Crippen molar-refractivity contribution >= 4 is 11.4 Å². The monoisotopic (exact) mass is 258 g/mol. The highest BCUT2D eigenvalue weighted by Crippen LogP contribution is 2.25. The minimum Gasteiger partial charge on any atom is -0.345 e. The molecule has 0 heterocycles. The molecule has 3 heteroatoms. The van der Waals surface area contributed by atoms with Gasteiger partial charge in [-0.3, -0.25) is 0 Å². The highest BCUT2D eigenvalue weighted by Gasteiger charge is 2.06. The highest BCUT2D eigenvalue weighted by atomic mass is 19.1. The van der Waals surface area contributed by atoms with Crippen molar-refractivity contribution in [2.45, 2.75) is 19.4 Å². The van der Waals surface area contributed by atoms with Crippen molar-refractivity contribution in [1.82, 2.24) is 0 Å². The molecule has 0 unspecified atom stereocenters. The third-order valence-electron chi connectivity index (χ3n) is 3.36. The van der Waals surface area contributed by atoms with E-state index in [-0.39, 0.29) is 11.9 Å². The molecule has 0 aliphatic rings. The molecule has 0 aromatic heterocycles. The SMILES string of the molecule is CC[C@@H](N)c1ccc(N(C)c2ccc(F)cc2)cc1. The Bertz CT molecular complexity index is 519. The Kier molecular flexibility index (Phi) is 4.17. The number of hydrogen-bond donors (Lipinski definition) is 1. The van der Waals surface area contributed by atoms with Gasteiger partial charge in [0, 0.05) is 24.5 Å². The molecule has 2 rings (SSSR count). The molecule has 0 amide bonds. The van der Waals surface area contributed by atoms with Crippen LogP contribution in [-0.2, 0) is 0 Å². The minimum absolute atomic E-state index is 0.0881. The third-order valence-corrected chi connectivity index (χ3v) is 3.36. The van der Waals surface area contributed by atoms with Gasteiger partial charge in [0.15, 0.2) is 0 Å². The van der Waals surface area contributed by atoms with E-state index in [2.05, 4.69) is 6.92 Å².